The fourth-order valence-electron chi connectivity index (χ4n) is 2.28. The van der Waals surface area contributed by atoms with Gasteiger partial charge in [-0.05, 0) is 62.2 Å². The van der Waals surface area contributed by atoms with Gasteiger partial charge in [0.05, 0.1) is 7.11 Å². The highest BCUT2D eigenvalue weighted by molar-refractivity contribution is 5.89. The van der Waals surface area contributed by atoms with Crippen molar-refractivity contribution in [2.75, 3.05) is 24.3 Å². The lowest BCUT2D eigenvalue weighted by Crippen LogP contribution is -2.34. The predicted molar refractivity (Wildman–Crippen MR) is 98.9 cm³/mol. The van der Waals surface area contributed by atoms with Gasteiger partial charge in [-0.2, -0.15) is 0 Å². The molecule has 0 aromatic heterocycles. The van der Waals surface area contributed by atoms with Crippen molar-refractivity contribution < 1.29 is 9.53 Å². The number of carbonyl (C=O) groups excluding carboxylic acids is 1. The molecule has 0 fully saturated rings. The largest absolute Gasteiger partial charge is 0.497 e. The maximum absolute atomic E-state index is 11.6. The van der Waals surface area contributed by atoms with Crippen LogP contribution in [0.5, 0.6) is 5.75 Å². The van der Waals surface area contributed by atoms with E-state index in [0.29, 0.717) is 0 Å². The van der Waals surface area contributed by atoms with Crippen molar-refractivity contribution in [2.45, 2.75) is 26.3 Å². The zero-order chi connectivity index (χ0) is 17.4. The molecule has 5 heteroatoms. The second kappa shape index (κ2) is 8.82. The zero-order valence-electron chi connectivity index (χ0n) is 14.4. The highest BCUT2D eigenvalue weighted by atomic mass is 16.5. The van der Waals surface area contributed by atoms with Crippen LogP contribution in [0.15, 0.2) is 48.5 Å². The summed E-state index contributed by atoms with van der Waals surface area (Å²) in [6, 6.07) is 15.7. The minimum atomic E-state index is -0.191. The van der Waals surface area contributed by atoms with Crippen LogP contribution in [0, 0.1) is 0 Å². The molecular weight excluding hydrogens is 302 g/mol. The standard InChI is InChI=1S/C19H25N3O2/c1-14(2)21-19(23)22-17-9-7-16(8-10-17)20-12-11-15-5-4-6-18(13-15)24-3/h4-10,13-14,20H,11-12H2,1-3H3,(H2,21,22,23). The molecule has 128 valence electrons. The van der Waals surface area contributed by atoms with Gasteiger partial charge >= 0.3 is 6.03 Å². The van der Waals surface area contributed by atoms with Gasteiger partial charge in [-0.3, -0.25) is 0 Å². The van der Waals surface area contributed by atoms with E-state index >= 15 is 0 Å². The third-order valence-electron chi connectivity index (χ3n) is 3.44. The molecule has 3 N–H and O–H groups in total. The molecule has 0 saturated carbocycles. The molecule has 0 atom stereocenters. The van der Waals surface area contributed by atoms with Gasteiger partial charge in [0.25, 0.3) is 0 Å². The molecule has 0 spiro atoms. The summed E-state index contributed by atoms with van der Waals surface area (Å²) in [5.74, 6) is 0.877. The Hall–Kier alpha value is -2.69. The lowest BCUT2D eigenvalue weighted by atomic mass is 10.1. The van der Waals surface area contributed by atoms with Crippen LogP contribution in [-0.2, 0) is 6.42 Å². The molecule has 0 radical (unpaired) electrons. The number of benzene rings is 2. The third-order valence-corrected chi connectivity index (χ3v) is 3.44. The summed E-state index contributed by atoms with van der Waals surface area (Å²) in [7, 11) is 1.67. The Morgan fingerprint density at radius 3 is 2.46 bits per heavy atom. The van der Waals surface area contributed by atoms with Crippen LogP contribution in [0.4, 0.5) is 16.2 Å². The Bertz CT molecular complexity index is 654. The van der Waals surface area contributed by atoms with Crippen molar-refractivity contribution in [3.05, 3.63) is 54.1 Å². The third kappa shape index (κ3) is 5.83. The second-order valence-electron chi connectivity index (χ2n) is 5.86. The van der Waals surface area contributed by atoms with Gasteiger partial charge in [-0.25, -0.2) is 4.79 Å². The van der Waals surface area contributed by atoms with Gasteiger partial charge in [0.15, 0.2) is 0 Å². The maximum Gasteiger partial charge on any atom is 0.319 e. The first-order valence-corrected chi connectivity index (χ1v) is 8.11. The van der Waals surface area contributed by atoms with Gasteiger partial charge < -0.3 is 20.7 Å². The predicted octanol–water partition coefficient (Wildman–Crippen LogP) is 3.88. The molecule has 0 aliphatic heterocycles. The smallest absolute Gasteiger partial charge is 0.319 e. The Kier molecular flexibility index (Phi) is 6.49. The van der Waals surface area contributed by atoms with E-state index in [1.54, 1.807) is 7.11 Å². The van der Waals surface area contributed by atoms with E-state index in [9.17, 15) is 4.79 Å². The molecule has 2 aromatic carbocycles. The molecular formula is C19H25N3O2. The molecule has 5 nitrogen and oxygen atoms in total. The SMILES string of the molecule is COc1cccc(CCNc2ccc(NC(=O)NC(C)C)cc2)c1. The van der Waals surface area contributed by atoms with Crippen molar-refractivity contribution in [1.82, 2.24) is 5.32 Å². The van der Waals surface area contributed by atoms with E-state index in [4.69, 9.17) is 4.74 Å². The molecule has 0 unspecified atom stereocenters. The number of rotatable bonds is 7. The first kappa shape index (κ1) is 17.7. The summed E-state index contributed by atoms with van der Waals surface area (Å²) in [5, 5.41) is 8.97. The van der Waals surface area contributed by atoms with E-state index in [2.05, 4.69) is 22.0 Å². The quantitative estimate of drug-likeness (QED) is 0.723. The number of nitrogens with one attached hydrogen (secondary N) is 3. The highest BCUT2D eigenvalue weighted by Gasteiger charge is 2.03. The molecule has 24 heavy (non-hydrogen) atoms. The first-order valence-electron chi connectivity index (χ1n) is 8.11. The number of amides is 2. The molecule has 0 saturated heterocycles. The Labute approximate surface area is 143 Å². The van der Waals surface area contributed by atoms with Crippen LogP contribution < -0.4 is 20.7 Å². The first-order chi connectivity index (χ1) is 11.6. The number of hydrogen-bond acceptors (Lipinski definition) is 3. The summed E-state index contributed by atoms with van der Waals surface area (Å²) in [6.45, 7) is 4.68. The molecule has 0 heterocycles. The van der Waals surface area contributed by atoms with Crippen molar-refractivity contribution in [1.29, 1.82) is 0 Å². The lowest BCUT2D eigenvalue weighted by Gasteiger charge is -2.11. The van der Waals surface area contributed by atoms with Gasteiger partial charge in [-0.15, -0.1) is 0 Å². The number of anilines is 2. The molecule has 0 aliphatic rings. The Balaban J connectivity index is 1.80. The molecule has 2 aromatic rings. The molecule has 2 rings (SSSR count). The Morgan fingerprint density at radius 1 is 1.08 bits per heavy atom. The topological polar surface area (TPSA) is 62.4 Å². The van der Waals surface area contributed by atoms with E-state index in [0.717, 1.165) is 30.1 Å². The van der Waals surface area contributed by atoms with Crippen molar-refractivity contribution >= 4 is 17.4 Å². The zero-order valence-corrected chi connectivity index (χ0v) is 14.4. The normalized spacial score (nSPS) is 10.3. The average Bonchev–Trinajstić information content (AvgIpc) is 2.56. The van der Waals surface area contributed by atoms with Gasteiger partial charge in [0.1, 0.15) is 5.75 Å². The number of ether oxygens (including phenoxy) is 1. The minimum absolute atomic E-state index is 0.113. The maximum atomic E-state index is 11.6. The van der Waals surface area contributed by atoms with Crippen LogP contribution in [0.1, 0.15) is 19.4 Å². The van der Waals surface area contributed by atoms with E-state index in [1.807, 2.05) is 56.3 Å². The monoisotopic (exact) mass is 327 g/mol. The minimum Gasteiger partial charge on any atom is -0.497 e. The summed E-state index contributed by atoms with van der Waals surface area (Å²) in [4.78, 5) is 11.6. The van der Waals surface area contributed by atoms with Crippen LogP contribution in [-0.4, -0.2) is 25.7 Å². The van der Waals surface area contributed by atoms with E-state index in [-0.39, 0.29) is 12.1 Å². The second-order valence-corrected chi connectivity index (χ2v) is 5.86. The number of methoxy groups -OCH3 is 1. The molecule has 0 aliphatic carbocycles. The Morgan fingerprint density at radius 2 is 1.79 bits per heavy atom. The van der Waals surface area contributed by atoms with Crippen molar-refractivity contribution in [3.63, 3.8) is 0 Å². The van der Waals surface area contributed by atoms with Crippen LogP contribution >= 0.6 is 0 Å². The number of hydrogen-bond donors (Lipinski definition) is 3. The van der Waals surface area contributed by atoms with Gasteiger partial charge in [0.2, 0.25) is 0 Å². The van der Waals surface area contributed by atoms with Crippen LogP contribution in [0.3, 0.4) is 0 Å². The molecule has 2 amide bonds. The summed E-state index contributed by atoms with van der Waals surface area (Å²) < 4.78 is 5.23. The summed E-state index contributed by atoms with van der Waals surface area (Å²) in [6.07, 6.45) is 0.911. The lowest BCUT2D eigenvalue weighted by molar-refractivity contribution is 0.250. The van der Waals surface area contributed by atoms with Crippen molar-refractivity contribution in [2.24, 2.45) is 0 Å². The average molecular weight is 327 g/mol. The van der Waals surface area contributed by atoms with E-state index in [1.165, 1.54) is 5.56 Å². The van der Waals surface area contributed by atoms with Crippen LogP contribution in [0.2, 0.25) is 0 Å². The van der Waals surface area contributed by atoms with Gasteiger partial charge in [0, 0.05) is 24.0 Å². The summed E-state index contributed by atoms with van der Waals surface area (Å²) >= 11 is 0. The fourth-order valence-corrected chi connectivity index (χ4v) is 2.28. The fraction of sp³-hybridized carbons (Fsp3) is 0.316. The van der Waals surface area contributed by atoms with Crippen LogP contribution in [0.25, 0.3) is 0 Å². The highest BCUT2D eigenvalue weighted by Crippen LogP contribution is 2.15. The van der Waals surface area contributed by atoms with E-state index < -0.39 is 0 Å². The summed E-state index contributed by atoms with van der Waals surface area (Å²) in [5.41, 5.74) is 3.02. The molecule has 0 bridgehead atoms. The number of carbonyl (C=O) groups is 1. The van der Waals surface area contributed by atoms with Gasteiger partial charge in [-0.1, -0.05) is 12.1 Å². The number of urea groups is 1. The van der Waals surface area contributed by atoms with Crippen molar-refractivity contribution in [3.8, 4) is 5.75 Å².